The summed E-state index contributed by atoms with van der Waals surface area (Å²) in [5.41, 5.74) is -2.08. The van der Waals surface area contributed by atoms with Gasteiger partial charge in [-0.15, -0.1) is 6.58 Å². The van der Waals surface area contributed by atoms with Gasteiger partial charge in [0, 0.05) is 17.8 Å². The molecule has 0 radical (unpaired) electrons. The lowest BCUT2D eigenvalue weighted by atomic mass is 10.1. The third-order valence-corrected chi connectivity index (χ3v) is 2.25. The van der Waals surface area contributed by atoms with Gasteiger partial charge in [0.2, 0.25) is 0 Å². The summed E-state index contributed by atoms with van der Waals surface area (Å²) in [5, 5.41) is 13.3. The molecule has 0 fully saturated rings. The summed E-state index contributed by atoms with van der Waals surface area (Å²) < 4.78 is 38.0. The SMILES string of the molecule is C=CC(C)Nc1ccc([N+](=O)[O-])c(C(F)(F)F)c1. The van der Waals surface area contributed by atoms with Gasteiger partial charge in [-0.3, -0.25) is 10.1 Å². The van der Waals surface area contributed by atoms with Crippen molar-refractivity contribution in [1.29, 1.82) is 0 Å². The van der Waals surface area contributed by atoms with Gasteiger partial charge < -0.3 is 5.32 Å². The Bertz CT molecular complexity index is 472. The number of nitro benzene ring substituents is 1. The fraction of sp³-hybridized carbons (Fsp3) is 0.273. The molecule has 1 aromatic carbocycles. The Morgan fingerprint density at radius 1 is 1.50 bits per heavy atom. The van der Waals surface area contributed by atoms with E-state index in [1.165, 1.54) is 12.1 Å². The van der Waals surface area contributed by atoms with Crippen LogP contribution in [0.5, 0.6) is 0 Å². The second kappa shape index (κ2) is 5.07. The van der Waals surface area contributed by atoms with E-state index < -0.39 is 22.4 Å². The first-order valence-corrected chi connectivity index (χ1v) is 5.00. The maximum atomic E-state index is 12.7. The number of anilines is 1. The summed E-state index contributed by atoms with van der Waals surface area (Å²) in [6.07, 6.45) is -3.26. The fourth-order valence-electron chi connectivity index (χ4n) is 1.33. The van der Waals surface area contributed by atoms with Crippen LogP contribution in [0.1, 0.15) is 12.5 Å². The maximum absolute atomic E-state index is 12.7. The van der Waals surface area contributed by atoms with Crippen molar-refractivity contribution in [2.75, 3.05) is 5.32 Å². The molecule has 0 bridgehead atoms. The van der Waals surface area contributed by atoms with Crippen LogP contribution >= 0.6 is 0 Å². The maximum Gasteiger partial charge on any atom is 0.423 e. The molecule has 1 rings (SSSR count). The Balaban J connectivity index is 3.22. The third kappa shape index (κ3) is 3.22. The monoisotopic (exact) mass is 260 g/mol. The molecule has 0 aromatic heterocycles. The molecule has 0 heterocycles. The molecule has 1 atom stereocenters. The number of hydrogen-bond donors (Lipinski definition) is 1. The summed E-state index contributed by atoms with van der Waals surface area (Å²) in [6, 6.07) is 2.54. The number of nitrogens with zero attached hydrogens (tertiary/aromatic N) is 1. The van der Waals surface area contributed by atoms with E-state index in [0.717, 1.165) is 12.1 Å². The lowest BCUT2D eigenvalue weighted by molar-refractivity contribution is -0.388. The third-order valence-electron chi connectivity index (χ3n) is 2.25. The quantitative estimate of drug-likeness (QED) is 0.511. The zero-order chi connectivity index (χ0) is 13.9. The van der Waals surface area contributed by atoms with Gasteiger partial charge in [-0.1, -0.05) is 6.08 Å². The zero-order valence-electron chi connectivity index (χ0n) is 9.49. The van der Waals surface area contributed by atoms with Crippen LogP contribution < -0.4 is 5.32 Å². The van der Waals surface area contributed by atoms with Crippen LogP contribution in [0.4, 0.5) is 24.5 Å². The molecule has 0 aliphatic heterocycles. The second-order valence-electron chi connectivity index (χ2n) is 3.66. The predicted molar refractivity (Wildman–Crippen MR) is 61.4 cm³/mol. The van der Waals surface area contributed by atoms with Gasteiger partial charge >= 0.3 is 6.18 Å². The number of rotatable bonds is 4. The highest BCUT2D eigenvalue weighted by molar-refractivity contribution is 5.55. The minimum atomic E-state index is -4.77. The number of hydrogen-bond acceptors (Lipinski definition) is 3. The van der Waals surface area contributed by atoms with Crippen molar-refractivity contribution in [3.05, 3.63) is 46.5 Å². The molecule has 7 heteroatoms. The minimum absolute atomic E-state index is 0.153. The van der Waals surface area contributed by atoms with E-state index in [-0.39, 0.29) is 11.7 Å². The lowest BCUT2D eigenvalue weighted by Crippen LogP contribution is -2.14. The largest absolute Gasteiger partial charge is 0.423 e. The number of benzene rings is 1. The predicted octanol–water partition coefficient (Wildman–Crippen LogP) is 3.60. The van der Waals surface area contributed by atoms with Crippen LogP contribution in [-0.4, -0.2) is 11.0 Å². The van der Waals surface area contributed by atoms with Crippen LogP contribution in [0.25, 0.3) is 0 Å². The molecule has 1 N–H and O–H groups in total. The molecule has 18 heavy (non-hydrogen) atoms. The van der Waals surface area contributed by atoms with E-state index >= 15 is 0 Å². The van der Waals surface area contributed by atoms with Gasteiger partial charge in [0.1, 0.15) is 5.56 Å². The van der Waals surface area contributed by atoms with E-state index in [1.54, 1.807) is 6.92 Å². The first-order chi connectivity index (χ1) is 8.25. The number of halogens is 3. The zero-order valence-corrected chi connectivity index (χ0v) is 9.49. The van der Waals surface area contributed by atoms with E-state index in [1.807, 2.05) is 0 Å². The molecule has 0 amide bonds. The average Bonchev–Trinajstić information content (AvgIpc) is 2.27. The van der Waals surface area contributed by atoms with Crippen molar-refractivity contribution in [2.45, 2.75) is 19.1 Å². The lowest BCUT2D eigenvalue weighted by Gasteiger charge is -2.13. The highest BCUT2D eigenvalue weighted by Crippen LogP contribution is 2.37. The van der Waals surface area contributed by atoms with Gasteiger partial charge in [0.25, 0.3) is 5.69 Å². The summed E-state index contributed by atoms with van der Waals surface area (Å²) >= 11 is 0. The van der Waals surface area contributed by atoms with Gasteiger partial charge in [0.15, 0.2) is 0 Å². The van der Waals surface area contributed by atoms with E-state index in [0.29, 0.717) is 0 Å². The van der Waals surface area contributed by atoms with E-state index in [2.05, 4.69) is 11.9 Å². The van der Waals surface area contributed by atoms with Crippen molar-refractivity contribution in [2.24, 2.45) is 0 Å². The normalized spacial score (nSPS) is 12.9. The van der Waals surface area contributed by atoms with Crippen LogP contribution in [-0.2, 0) is 6.18 Å². The highest BCUT2D eigenvalue weighted by atomic mass is 19.4. The van der Waals surface area contributed by atoms with Crippen molar-refractivity contribution < 1.29 is 18.1 Å². The van der Waals surface area contributed by atoms with Crippen LogP contribution in [0, 0.1) is 10.1 Å². The van der Waals surface area contributed by atoms with Gasteiger partial charge in [-0.25, -0.2) is 0 Å². The standard InChI is InChI=1S/C11H11F3N2O2/c1-3-7(2)15-8-4-5-10(16(17)18)9(6-8)11(12,13)14/h3-7,15H,1H2,2H3. The van der Waals surface area contributed by atoms with Crippen LogP contribution in [0.2, 0.25) is 0 Å². The summed E-state index contributed by atoms with van der Waals surface area (Å²) in [4.78, 5) is 9.48. The molecule has 0 saturated carbocycles. The molecule has 4 nitrogen and oxygen atoms in total. The van der Waals surface area contributed by atoms with Gasteiger partial charge in [-0.05, 0) is 19.1 Å². The number of nitrogens with one attached hydrogen (secondary N) is 1. The summed E-state index contributed by atoms with van der Waals surface area (Å²) in [5.74, 6) is 0. The van der Waals surface area contributed by atoms with Crippen LogP contribution in [0.15, 0.2) is 30.9 Å². The topological polar surface area (TPSA) is 55.2 Å². The van der Waals surface area contributed by atoms with E-state index in [9.17, 15) is 23.3 Å². The van der Waals surface area contributed by atoms with E-state index in [4.69, 9.17) is 0 Å². The van der Waals surface area contributed by atoms with Gasteiger partial charge in [-0.2, -0.15) is 13.2 Å². The summed E-state index contributed by atoms with van der Waals surface area (Å²) in [6.45, 7) is 5.18. The Labute approximate surface area is 101 Å². The van der Waals surface area contributed by atoms with Crippen molar-refractivity contribution >= 4 is 11.4 Å². The first-order valence-electron chi connectivity index (χ1n) is 5.00. The van der Waals surface area contributed by atoms with Gasteiger partial charge in [0.05, 0.1) is 4.92 Å². The Morgan fingerprint density at radius 2 is 2.11 bits per heavy atom. The first kappa shape index (κ1) is 14.0. The highest BCUT2D eigenvalue weighted by Gasteiger charge is 2.38. The molecule has 1 unspecified atom stereocenters. The fourth-order valence-corrected chi connectivity index (χ4v) is 1.33. The summed E-state index contributed by atoms with van der Waals surface area (Å²) in [7, 11) is 0. The molecule has 98 valence electrons. The molecule has 0 saturated heterocycles. The van der Waals surface area contributed by atoms with Crippen molar-refractivity contribution in [1.82, 2.24) is 0 Å². The number of nitro groups is 1. The van der Waals surface area contributed by atoms with Crippen molar-refractivity contribution in [3.8, 4) is 0 Å². The smallest absolute Gasteiger partial charge is 0.379 e. The Morgan fingerprint density at radius 3 is 2.56 bits per heavy atom. The molecule has 0 spiro atoms. The molecule has 0 aliphatic carbocycles. The Kier molecular flexibility index (Phi) is 3.95. The van der Waals surface area contributed by atoms with Crippen LogP contribution in [0.3, 0.4) is 0 Å². The molecule has 1 aromatic rings. The average molecular weight is 260 g/mol. The van der Waals surface area contributed by atoms with Crippen molar-refractivity contribution in [3.63, 3.8) is 0 Å². The molecular formula is C11H11F3N2O2. The Hall–Kier alpha value is -2.05. The number of alkyl halides is 3. The molecular weight excluding hydrogens is 249 g/mol. The minimum Gasteiger partial charge on any atom is -0.379 e. The second-order valence-corrected chi connectivity index (χ2v) is 3.66. The molecule has 0 aliphatic rings.